The molecule has 0 saturated carbocycles. The lowest BCUT2D eigenvalue weighted by Crippen LogP contribution is -2.41. The first-order valence-corrected chi connectivity index (χ1v) is 8.09. The van der Waals surface area contributed by atoms with Gasteiger partial charge in [0, 0.05) is 13.1 Å². The van der Waals surface area contributed by atoms with E-state index in [4.69, 9.17) is 9.47 Å². The number of carboxylic acids is 1. The first-order valence-electron chi connectivity index (χ1n) is 8.09. The predicted octanol–water partition coefficient (Wildman–Crippen LogP) is 2.17. The van der Waals surface area contributed by atoms with Crippen LogP contribution in [-0.4, -0.2) is 35.2 Å². The molecule has 2 aliphatic heterocycles. The Morgan fingerprint density at radius 3 is 2.76 bits per heavy atom. The molecule has 6 heteroatoms. The van der Waals surface area contributed by atoms with Gasteiger partial charge in [0.15, 0.2) is 11.5 Å². The maximum absolute atomic E-state index is 12.7. The first-order chi connectivity index (χ1) is 12.1. The maximum atomic E-state index is 12.7. The molecule has 2 heterocycles. The van der Waals surface area contributed by atoms with Gasteiger partial charge in [-0.1, -0.05) is 30.3 Å². The largest absolute Gasteiger partial charge is 0.481 e. The van der Waals surface area contributed by atoms with Gasteiger partial charge < -0.3 is 19.5 Å². The van der Waals surface area contributed by atoms with Gasteiger partial charge in [0.2, 0.25) is 12.7 Å². The zero-order valence-corrected chi connectivity index (χ0v) is 13.5. The number of fused-ring (bicyclic) bond motifs is 2. The number of benzene rings is 2. The van der Waals surface area contributed by atoms with Crippen molar-refractivity contribution in [3.63, 3.8) is 0 Å². The molecule has 0 aromatic heterocycles. The van der Waals surface area contributed by atoms with Crippen molar-refractivity contribution < 1.29 is 24.2 Å². The predicted molar refractivity (Wildman–Crippen MR) is 88.5 cm³/mol. The van der Waals surface area contributed by atoms with Crippen molar-refractivity contribution in [3.05, 3.63) is 59.2 Å². The van der Waals surface area contributed by atoms with Crippen LogP contribution in [0, 0.1) is 0 Å². The number of carbonyl (C=O) groups is 2. The van der Waals surface area contributed by atoms with E-state index in [1.165, 1.54) is 0 Å². The molecule has 2 aliphatic rings. The van der Waals surface area contributed by atoms with Gasteiger partial charge in [0.05, 0.1) is 12.3 Å². The van der Waals surface area contributed by atoms with Gasteiger partial charge in [0.1, 0.15) is 0 Å². The molecular formula is C19H17NO5. The second-order valence-corrected chi connectivity index (χ2v) is 6.23. The van der Waals surface area contributed by atoms with Gasteiger partial charge in [-0.2, -0.15) is 0 Å². The summed E-state index contributed by atoms with van der Waals surface area (Å²) < 4.78 is 10.6. The minimum Gasteiger partial charge on any atom is -0.481 e. The number of amides is 1. The average molecular weight is 339 g/mol. The Morgan fingerprint density at radius 2 is 1.92 bits per heavy atom. The third-order valence-corrected chi connectivity index (χ3v) is 4.64. The normalized spacial score (nSPS) is 17.9. The lowest BCUT2D eigenvalue weighted by Gasteiger charge is -2.33. The van der Waals surface area contributed by atoms with Crippen LogP contribution in [0.2, 0.25) is 0 Å². The zero-order chi connectivity index (χ0) is 17.4. The summed E-state index contributed by atoms with van der Waals surface area (Å²) >= 11 is 0. The SMILES string of the molecule is O=C(O)[C@@H]1CN(C(=O)Cc2ccc3c(c2)OCO3)Cc2ccccc21. The molecule has 4 rings (SSSR count). The Balaban J connectivity index is 1.54. The molecule has 6 nitrogen and oxygen atoms in total. The molecule has 0 fully saturated rings. The van der Waals surface area contributed by atoms with Crippen LogP contribution in [0.3, 0.4) is 0 Å². The summed E-state index contributed by atoms with van der Waals surface area (Å²) in [7, 11) is 0. The molecule has 0 bridgehead atoms. The summed E-state index contributed by atoms with van der Waals surface area (Å²) in [5.41, 5.74) is 2.50. The number of carboxylic acid groups (broad SMARTS) is 1. The Hall–Kier alpha value is -3.02. The Kier molecular flexibility index (Phi) is 3.80. The number of aliphatic carboxylic acids is 1. The number of hydrogen-bond acceptors (Lipinski definition) is 4. The van der Waals surface area contributed by atoms with Gasteiger partial charge in [0.25, 0.3) is 0 Å². The van der Waals surface area contributed by atoms with Crippen molar-refractivity contribution >= 4 is 11.9 Å². The highest BCUT2D eigenvalue weighted by Crippen LogP contribution is 2.33. The second-order valence-electron chi connectivity index (χ2n) is 6.23. The van der Waals surface area contributed by atoms with Crippen LogP contribution in [-0.2, 0) is 22.6 Å². The summed E-state index contributed by atoms with van der Waals surface area (Å²) in [4.78, 5) is 25.9. The Bertz CT molecular complexity index is 847. The van der Waals surface area contributed by atoms with Gasteiger partial charge in [-0.3, -0.25) is 9.59 Å². The van der Waals surface area contributed by atoms with Crippen molar-refractivity contribution in [3.8, 4) is 11.5 Å². The molecule has 25 heavy (non-hydrogen) atoms. The topological polar surface area (TPSA) is 76.1 Å². The summed E-state index contributed by atoms with van der Waals surface area (Å²) in [5, 5.41) is 9.51. The summed E-state index contributed by atoms with van der Waals surface area (Å²) in [6.45, 7) is 0.814. The molecule has 0 saturated heterocycles. The lowest BCUT2D eigenvalue weighted by atomic mass is 9.89. The van der Waals surface area contributed by atoms with E-state index >= 15 is 0 Å². The fraction of sp³-hybridized carbons (Fsp3) is 0.263. The molecule has 128 valence electrons. The molecule has 1 atom stereocenters. The number of carbonyl (C=O) groups excluding carboxylic acids is 1. The van der Waals surface area contributed by atoms with Crippen LogP contribution in [0.1, 0.15) is 22.6 Å². The Labute approximate surface area is 144 Å². The van der Waals surface area contributed by atoms with Crippen molar-refractivity contribution in [1.29, 1.82) is 0 Å². The van der Waals surface area contributed by atoms with Crippen LogP contribution in [0.15, 0.2) is 42.5 Å². The molecule has 2 aromatic carbocycles. The number of ether oxygens (including phenoxy) is 2. The maximum Gasteiger partial charge on any atom is 0.312 e. The third kappa shape index (κ3) is 2.91. The van der Waals surface area contributed by atoms with E-state index in [0.717, 1.165) is 16.7 Å². The smallest absolute Gasteiger partial charge is 0.312 e. The third-order valence-electron chi connectivity index (χ3n) is 4.64. The van der Waals surface area contributed by atoms with Gasteiger partial charge in [-0.15, -0.1) is 0 Å². The van der Waals surface area contributed by atoms with E-state index < -0.39 is 11.9 Å². The van der Waals surface area contributed by atoms with E-state index in [9.17, 15) is 14.7 Å². The van der Waals surface area contributed by atoms with Gasteiger partial charge in [-0.25, -0.2) is 0 Å². The van der Waals surface area contributed by atoms with Crippen molar-refractivity contribution in [2.45, 2.75) is 18.9 Å². The quantitative estimate of drug-likeness (QED) is 0.927. The van der Waals surface area contributed by atoms with E-state index in [1.807, 2.05) is 30.3 Å². The Morgan fingerprint density at radius 1 is 1.12 bits per heavy atom. The first kappa shape index (κ1) is 15.5. The average Bonchev–Trinajstić information content (AvgIpc) is 3.08. The number of nitrogens with zero attached hydrogens (tertiary/aromatic N) is 1. The monoisotopic (exact) mass is 339 g/mol. The second kappa shape index (κ2) is 6.12. The molecule has 1 amide bonds. The van der Waals surface area contributed by atoms with Crippen LogP contribution in [0.4, 0.5) is 0 Å². The van der Waals surface area contributed by atoms with Crippen LogP contribution in [0.25, 0.3) is 0 Å². The van der Waals surface area contributed by atoms with E-state index in [-0.39, 0.29) is 25.7 Å². The minimum absolute atomic E-state index is 0.0976. The number of rotatable bonds is 3. The molecule has 0 radical (unpaired) electrons. The molecule has 0 spiro atoms. The van der Waals surface area contributed by atoms with Crippen LogP contribution >= 0.6 is 0 Å². The minimum atomic E-state index is -0.909. The van der Waals surface area contributed by atoms with E-state index in [2.05, 4.69) is 0 Å². The van der Waals surface area contributed by atoms with E-state index in [1.54, 1.807) is 17.0 Å². The standard InChI is InChI=1S/C19H17NO5/c21-18(8-12-5-6-16-17(7-12)25-11-24-16)20-9-13-3-1-2-4-14(13)15(10-20)19(22)23/h1-7,15H,8-11H2,(H,22,23)/t15-/m1/s1. The summed E-state index contributed by atoms with van der Waals surface area (Å²) in [6.07, 6.45) is 0.200. The van der Waals surface area contributed by atoms with Crippen molar-refractivity contribution in [2.24, 2.45) is 0 Å². The molecule has 0 unspecified atom stereocenters. The highest BCUT2D eigenvalue weighted by atomic mass is 16.7. The fourth-order valence-electron chi connectivity index (χ4n) is 3.35. The van der Waals surface area contributed by atoms with Gasteiger partial charge in [-0.05, 0) is 28.8 Å². The molecule has 2 aromatic rings. The summed E-state index contributed by atoms with van der Waals surface area (Å²) in [6, 6.07) is 12.8. The van der Waals surface area contributed by atoms with E-state index in [0.29, 0.717) is 18.0 Å². The van der Waals surface area contributed by atoms with Crippen LogP contribution < -0.4 is 9.47 Å². The fourth-order valence-corrected chi connectivity index (χ4v) is 3.35. The molecule has 1 N–H and O–H groups in total. The van der Waals surface area contributed by atoms with Crippen molar-refractivity contribution in [2.75, 3.05) is 13.3 Å². The van der Waals surface area contributed by atoms with Crippen molar-refractivity contribution in [1.82, 2.24) is 4.90 Å². The lowest BCUT2D eigenvalue weighted by molar-refractivity contribution is -0.141. The van der Waals surface area contributed by atoms with Crippen LogP contribution in [0.5, 0.6) is 11.5 Å². The zero-order valence-electron chi connectivity index (χ0n) is 13.5. The van der Waals surface area contributed by atoms with Gasteiger partial charge >= 0.3 is 5.97 Å². The number of hydrogen-bond donors (Lipinski definition) is 1. The molecule has 0 aliphatic carbocycles. The highest BCUT2D eigenvalue weighted by Gasteiger charge is 2.32. The molecular weight excluding hydrogens is 322 g/mol. The summed E-state index contributed by atoms with van der Waals surface area (Å²) in [5.74, 6) is -0.384. The highest BCUT2D eigenvalue weighted by molar-refractivity contribution is 5.83.